The van der Waals surface area contributed by atoms with Crippen molar-refractivity contribution in [3.05, 3.63) is 0 Å². The minimum absolute atomic E-state index is 0.172. The van der Waals surface area contributed by atoms with E-state index in [0.717, 1.165) is 25.7 Å². The summed E-state index contributed by atoms with van der Waals surface area (Å²) < 4.78 is 25.9. The van der Waals surface area contributed by atoms with Crippen LogP contribution >= 0.6 is 11.6 Å². The van der Waals surface area contributed by atoms with Crippen LogP contribution in [0.2, 0.25) is 0 Å². The maximum absolute atomic E-state index is 12.1. The minimum atomic E-state index is -3.18. The first-order chi connectivity index (χ1) is 7.04. The molecule has 0 bridgehead atoms. The smallest absolute Gasteiger partial charge is 0.212 e. The van der Waals surface area contributed by atoms with Crippen molar-refractivity contribution in [1.82, 2.24) is 4.31 Å². The molecule has 1 aliphatic rings. The fourth-order valence-electron chi connectivity index (χ4n) is 2.15. The number of halogens is 1. The zero-order valence-corrected chi connectivity index (χ0v) is 11.0. The molecule has 5 heteroatoms. The molecule has 1 unspecified atom stereocenters. The molecule has 0 saturated heterocycles. The lowest BCUT2D eigenvalue weighted by molar-refractivity contribution is 0.332. The van der Waals surface area contributed by atoms with E-state index < -0.39 is 15.3 Å². The van der Waals surface area contributed by atoms with E-state index in [1.807, 2.05) is 6.92 Å². The molecule has 1 rings (SSSR count). The summed E-state index contributed by atoms with van der Waals surface area (Å²) in [5.41, 5.74) is 0. The van der Waals surface area contributed by atoms with Crippen LogP contribution in [-0.2, 0) is 10.0 Å². The molecule has 0 aliphatic heterocycles. The van der Waals surface area contributed by atoms with E-state index in [1.54, 1.807) is 11.2 Å². The largest absolute Gasteiger partial charge is 0.218 e. The van der Waals surface area contributed by atoms with Gasteiger partial charge in [0.05, 0.1) is 5.25 Å². The molecule has 0 radical (unpaired) electrons. The van der Waals surface area contributed by atoms with Crippen LogP contribution in [-0.4, -0.2) is 36.4 Å². The van der Waals surface area contributed by atoms with Gasteiger partial charge in [0, 0.05) is 18.5 Å². The van der Waals surface area contributed by atoms with Crippen LogP contribution in [0.1, 0.15) is 39.5 Å². The van der Waals surface area contributed by atoms with Gasteiger partial charge < -0.3 is 0 Å². The Balaban J connectivity index is 2.81. The highest BCUT2D eigenvalue weighted by Gasteiger charge is 2.33. The molecular formula is C10H20ClNO2S. The van der Waals surface area contributed by atoms with Crippen molar-refractivity contribution in [3.63, 3.8) is 0 Å². The Morgan fingerprint density at radius 2 is 1.93 bits per heavy atom. The fourth-order valence-corrected chi connectivity index (χ4v) is 4.23. The Hall–Kier alpha value is 0.200. The summed E-state index contributed by atoms with van der Waals surface area (Å²) >= 11 is 5.64. The van der Waals surface area contributed by atoms with Crippen LogP contribution in [0.5, 0.6) is 0 Å². The summed E-state index contributed by atoms with van der Waals surface area (Å²) in [5.74, 6) is 0.172. The van der Waals surface area contributed by atoms with Crippen molar-refractivity contribution >= 4 is 21.6 Å². The van der Waals surface area contributed by atoms with Crippen LogP contribution in [0, 0.1) is 0 Å². The van der Waals surface area contributed by atoms with Gasteiger partial charge in [-0.1, -0.05) is 19.8 Å². The summed E-state index contributed by atoms with van der Waals surface area (Å²) in [7, 11) is -3.18. The Kier molecular flexibility index (Phi) is 4.87. The van der Waals surface area contributed by atoms with E-state index in [0.29, 0.717) is 6.54 Å². The normalized spacial score (nSPS) is 21.1. The number of hydrogen-bond donors (Lipinski definition) is 0. The first-order valence-corrected chi connectivity index (χ1v) is 7.64. The molecule has 0 aromatic heterocycles. The number of alkyl halides is 1. The Bertz CT molecular complexity index is 286. The van der Waals surface area contributed by atoms with Gasteiger partial charge in [0.2, 0.25) is 10.0 Å². The quantitative estimate of drug-likeness (QED) is 0.705. The molecule has 0 aromatic rings. The maximum atomic E-state index is 12.1. The van der Waals surface area contributed by atoms with Gasteiger partial charge in [0.1, 0.15) is 0 Å². The van der Waals surface area contributed by atoms with Crippen LogP contribution in [0.15, 0.2) is 0 Å². The zero-order valence-electron chi connectivity index (χ0n) is 9.45. The molecule has 0 N–H and O–H groups in total. The average molecular weight is 254 g/mol. The summed E-state index contributed by atoms with van der Waals surface area (Å²) in [6.07, 6.45) is 4.29. The standard InChI is InChI=1S/C10H20ClNO2S/c1-3-12(10-6-4-5-7-10)15(13,14)9(2)8-11/h9-10H,3-8H2,1-2H3. The van der Waals surface area contributed by atoms with Crippen molar-refractivity contribution in [2.24, 2.45) is 0 Å². The van der Waals surface area contributed by atoms with Crippen LogP contribution in [0.25, 0.3) is 0 Å². The van der Waals surface area contributed by atoms with Crippen molar-refractivity contribution < 1.29 is 8.42 Å². The topological polar surface area (TPSA) is 37.4 Å². The first kappa shape index (κ1) is 13.3. The third-order valence-corrected chi connectivity index (χ3v) is 6.14. The molecule has 1 saturated carbocycles. The molecule has 0 amide bonds. The average Bonchev–Trinajstić information content (AvgIpc) is 2.70. The molecule has 1 aliphatic carbocycles. The first-order valence-electron chi connectivity index (χ1n) is 5.60. The monoisotopic (exact) mass is 253 g/mol. The highest BCUT2D eigenvalue weighted by atomic mass is 35.5. The fraction of sp³-hybridized carbons (Fsp3) is 1.00. The van der Waals surface area contributed by atoms with Gasteiger partial charge in [0.25, 0.3) is 0 Å². The van der Waals surface area contributed by atoms with Crippen molar-refractivity contribution in [2.45, 2.75) is 50.8 Å². The number of sulfonamides is 1. The lowest BCUT2D eigenvalue weighted by Gasteiger charge is -2.29. The van der Waals surface area contributed by atoms with Gasteiger partial charge in [-0.25, -0.2) is 8.42 Å². The van der Waals surface area contributed by atoms with E-state index >= 15 is 0 Å². The second-order valence-electron chi connectivity index (χ2n) is 4.15. The second kappa shape index (κ2) is 5.51. The van der Waals surface area contributed by atoms with Crippen LogP contribution < -0.4 is 0 Å². The molecule has 1 fully saturated rings. The molecule has 90 valence electrons. The van der Waals surface area contributed by atoms with Crippen molar-refractivity contribution in [3.8, 4) is 0 Å². The van der Waals surface area contributed by atoms with Gasteiger partial charge in [-0.05, 0) is 19.8 Å². The van der Waals surface area contributed by atoms with E-state index in [-0.39, 0.29) is 11.9 Å². The Morgan fingerprint density at radius 1 is 1.40 bits per heavy atom. The number of nitrogens with zero attached hydrogens (tertiary/aromatic N) is 1. The third-order valence-electron chi connectivity index (χ3n) is 3.10. The zero-order chi connectivity index (χ0) is 11.5. The molecule has 0 spiro atoms. The number of hydrogen-bond acceptors (Lipinski definition) is 2. The van der Waals surface area contributed by atoms with Crippen LogP contribution in [0.4, 0.5) is 0 Å². The SMILES string of the molecule is CCN(C1CCCC1)S(=O)(=O)C(C)CCl. The molecule has 3 nitrogen and oxygen atoms in total. The summed E-state index contributed by atoms with van der Waals surface area (Å²) in [6.45, 7) is 4.14. The maximum Gasteiger partial charge on any atom is 0.218 e. The highest BCUT2D eigenvalue weighted by molar-refractivity contribution is 7.89. The van der Waals surface area contributed by atoms with Crippen molar-refractivity contribution in [1.29, 1.82) is 0 Å². The number of rotatable bonds is 5. The van der Waals surface area contributed by atoms with Gasteiger partial charge in [-0.2, -0.15) is 4.31 Å². The molecule has 1 atom stereocenters. The van der Waals surface area contributed by atoms with Gasteiger partial charge in [-0.15, -0.1) is 11.6 Å². The third kappa shape index (κ3) is 2.86. The van der Waals surface area contributed by atoms with Crippen LogP contribution in [0.3, 0.4) is 0 Å². The molecule has 0 aromatic carbocycles. The minimum Gasteiger partial charge on any atom is -0.212 e. The van der Waals surface area contributed by atoms with E-state index in [4.69, 9.17) is 11.6 Å². The summed E-state index contributed by atoms with van der Waals surface area (Å²) in [4.78, 5) is 0. The lowest BCUT2D eigenvalue weighted by Crippen LogP contribution is -2.43. The molecular weight excluding hydrogens is 234 g/mol. The molecule has 15 heavy (non-hydrogen) atoms. The van der Waals surface area contributed by atoms with Gasteiger partial charge in [0.15, 0.2) is 0 Å². The van der Waals surface area contributed by atoms with Gasteiger partial charge in [-0.3, -0.25) is 0 Å². The Morgan fingerprint density at radius 3 is 2.33 bits per heavy atom. The summed E-state index contributed by atoms with van der Waals surface area (Å²) in [6, 6.07) is 0.214. The molecule has 0 heterocycles. The lowest BCUT2D eigenvalue weighted by atomic mass is 10.2. The summed E-state index contributed by atoms with van der Waals surface area (Å²) in [5, 5.41) is -0.472. The predicted molar refractivity (Wildman–Crippen MR) is 63.7 cm³/mol. The predicted octanol–water partition coefficient (Wildman–Crippen LogP) is 2.21. The van der Waals surface area contributed by atoms with E-state index in [2.05, 4.69) is 0 Å². The van der Waals surface area contributed by atoms with Crippen molar-refractivity contribution in [2.75, 3.05) is 12.4 Å². The second-order valence-corrected chi connectivity index (χ2v) is 6.76. The Labute approximate surface area is 97.8 Å². The van der Waals surface area contributed by atoms with E-state index in [1.165, 1.54) is 0 Å². The highest BCUT2D eigenvalue weighted by Crippen LogP contribution is 2.27. The van der Waals surface area contributed by atoms with Gasteiger partial charge >= 0.3 is 0 Å². The van der Waals surface area contributed by atoms with E-state index in [9.17, 15) is 8.42 Å².